The number of hydrogen-bond acceptors (Lipinski definition) is 6. The molecule has 1 fully saturated rings. The van der Waals surface area contributed by atoms with E-state index in [1.807, 2.05) is 23.1 Å². The Morgan fingerprint density at radius 1 is 1.10 bits per heavy atom. The van der Waals surface area contributed by atoms with E-state index >= 15 is 0 Å². The zero-order chi connectivity index (χ0) is 20.3. The zero-order valence-electron chi connectivity index (χ0n) is 17.0. The van der Waals surface area contributed by atoms with E-state index in [0.717, 1.165) is 24.1 Å². The van der Waals surface area contributed by atoms with Gasteiger partial charge in [0.15, 0.2) is 5.13 Å². The van der Waals surface area contributed by atoms with Gasteiger partial charge in [0, 0.05) is 36.3 Å². The van der Waals surface area contributed by atoms with Gasteiger partial charge in [0.2, 0.25) is 5.91 Å². The molecule has 4 N–H and O–H groups in total. The first-order chi connectivity index (χ1) is 14.1. The lowest BCUT2D eigenvalue weighted by Crippen LogP contribution is -2.51. The summed E-state index contributed by atoms with van der Waals surface area (Å²) in [5.41, 5.74) is 15.2. The minimum absolute atomic E-state index is 0. The maximum atomic E-state index is 12.9. The molecular weight excluding hydrogens is 453 g/mol. The van der Waals surface area contributed by atoms with Crippen LogP contribution in [0.2, 0.25) is 0 Å². The molecule has 0 radical (unpaired) electrons. The van der Waals surface area contributed by atoms with Gasteiger partial charge in [0.05, 0.1) is 11.7 Å². The lowest BCUT2D eigenvalue weighted by molar-refractivity contribution is -0.134. The van der Waals surface area contributed by atoms with Crippen molar-refractivity contribution in [3.8, 4) is 0 Å². The number of nitrogens with zero attached hydrogens (tertiary/aromatic N) is 3. The summed E-state index contributed by atoms with van der Waals surface area (Å²) in [6, 6.07) is 13.7. The van der Waals surface area contributed by atoms with Crippen LogP contribution in [0.4, 0.5) is 5.13 Å². The predicted octanol–water partition coefficient (Wildman–Crippen LogP) is 3.44. The number of aromatic nitrogens is 2. The van der Waals surface area contributed by atoms with E-state index in [2.05, 4.69) is 39.6 Å². The third-order valence-electron chi connectivity index (χ3n) is 5.79. The van der Waals surface area contributed by atoms with Gasteiger partial charge >= 0.3 is 0 Å². The van der Waals surface area contributed by atoms with Crippen LogP contribution in [0.15, 0.2) is 60.2 Å². The maximum absolute atomic E-state index is 12.9. The first-order valence-corrected chi connectivity index (χ1v) is 10.7. The molecule has 9 heteroatoms. The average Bonchev–Trinajstić information content (AvgIpc) is 3.21. The fourth-order valence-electron chi connectivity index (χ4n) is 4.16. The summed E-state index contributed by atoms with van der Waals surface area (Å²) in [6.45, 7) is 1.30. The molecule has 3 heterocycles. The first kappa shape index (κ1) is 25.1. The number of nitrogen functional groups attached to an aromatic ring is 1. The minimum Gasteiger partial charge on any atom is -0.375 e. The van der Waals surface area contributed by atoms with Gasteiger partial charge in [-0.2, -0.15) is 0 Å². The fraction of sp³-hybridized carbons (Fsp3) is 0.318. The van der Waals surface area contributed by atoms with Crippen LogP contribution in [0, 0.1) is 0 Å². The maximum Gasteiger partial charge on any atom is 0.239 e. The van der Waals surface area contributed by atoms with E-state index < -0.39 is 6.04 Å². The van der Waals surface area contributed by atoms with Crippen molar-refractivity contribution in [1.29, 1.82) is 0 Å². The van der Waals surface area contributed by atoms with Crippen LogP contribution in [0.25, 0.3) is 0 Å². The molecule has 1 aliphatic rings. The molecule has 1 atom stereocenters. The summed E-state index contributed by atoms with van der Waals surface area (Å²) in [6.07, 6.45) is 5.56. The monoisotopic (exact) mass is 479 g/mol. The molecule has 6 nitrogen and oxygen atoms in total. The van der Waals surface area contributed by atoms with Crippen molar-refractivity contribution in [3.63, 3.8) is 0 Å². The molecule has 1 aromatic carbocycles. The number of benzene rings is 1. The number of amides is 1. The van der Waals surface area contributed by atoms with E-state index in [1.54, 1.807) is 12.4 Å². The summed E-state index contributed by atoms with van der Waals surface area (Å²) in [5.74, 6) is 0.00117. The molecule has 31 heavy (non-hydrogen) atoms. The van der Waals surface area contributed by atoms with Crippen LogP contribution in [0.3, 0.4) is 0 Å². The van der Waals surface area contributed by atoms with Gasteiger partial charge in [0.25, 0.3) is 0 Å². The third kappa shape index (κ3) is 5.36. The standard InChI is InChI=1S/C22H25N5OS.2ClH/c23-18(14-16-6-10-25-11-7-16)20(28)27-12-8-22(9-13-27,17-4-2-1-3-5-17)19-15-29-21(24)26-19;;/h1-7,10-11,15,18H,8-9,12-14,23H2,(H2,24,26);2*1H/t18-;;/m0../s1. The van der Waals surface area contributed by atoms with Crippen LogP contribution >= 0.6 is 36.2 Å². The van der Waals surface area contributed by atoms with Gasteiger partial charge in [0.1, 0.15) is 0 Å². The number of carbonyl (C=O) groups is 1. The highest BCUT2D eigenvalue weighted by Crippen LogP contribution is 2.42. The first-order valence-electron chi connectivity index (χ1n) is 9.79. The van der Waals surface area contributed by atoms with Crippen molar-refractivity contribution in [3.05, 3.63) is 77.1 Å². The number of likely N-dealkylation sites (tertiary alicyclic amines) is 1. The third-order valence-corrected chi connectivity index (χ3v) is 6.46. The van der Waals surface area contributed by atoms with Gasteiger partial charge in [-0.3, -0.25) is 9.78 Å². The Labute approximate surface area is 198 Å². The molecule has 1 amide bonds. The van der Waals surface area contributed by atoms with Gasteiger partial charge in [-0.1, -0.05) is 30.3 Å². The number of halogens is 2. The lowest BCUT2D eigenvalue weighted by atomic mass is 9.70. The molecule has 2 aromatic heterocycles. The van der Waals surface area contributed by atoms with Crippen LogP contribution in [0.5, 0.6) is 0 Å². The second-order valence-electron chi connectivity index (χ2n) is 7.51. The second-order valence-corrected chi connectivity index (χ2v) is 8.40. The van der Waals surface area contributed by atoms with Crippen molar-refractivity contribution < 1.29 is 4.79 Å². The van der Waals surface area contributed by atoms with Crippen LogP contribution in [0.1, 0.15) is 29.7 Å². The zero-order valence-corrected chi connectivity index (χ0v) is 19.5. The van der Waals surface area contributed by atoms with Gasteiger partial charge in [-0.15, -0.1) is 36.2 Å². The number of piperidine rings is 1. The number of thiazole rings is 1. The summed E-state index contributed by atoms with van der Waals surface area (Å²) < 4.78 is 0. The van der Waals surface area contributed by atoms with Crippen molar-refractivity contribution in [2.75, 3.05) is 18.8 Å². The highest BCUT2D eigenvalue weighted by Gasteiger charge is 2.41. The van der Waals surface area contributed by atoms with Crippen molar-refractivity contribution in [1.82, 2.24) is 14.9 Å². The molecular formula is C22H27Cl2N5OS. The quantitative estimate of drug-likeness (QED) is 0.583. The highest BCUT2D eigenvalue weighted by molar-refractivity contribution is 7.13. The number of pyridine rings is 1. The van der Waals surface area contributed by atoms with Crippen molar-refractivity contribution in [2.24, 2.45) is 5.73 Å². The fourth-order valence-corrected chi connectivity index (χ4v) is 4.82. The van der Waals surface area contributed by atoms with Crippen molar-refractivity contribution >= 4 is 47.2 Å². The molecule has 0 saturated carbocycles. The Balaban J connectivity index is 0.00000171. The lowest BCUT2D eigenvalue weighted by Gasteiger charge is -2.42. The molecule has 0 spiro atoms. The minimum atomic E-state index is -0.545. The van der Waals surface area contributed by atoms with Crippen LogP contribution in [-0.4, -0.2) is 39.9 Å². The van der Waals surface area contributed by atoms with Crippen LogP contribution in [-0.2, 0) is 16.6 Å². The SMILES string of the molecule is Cl.Cl.Nc1nc(C2(c3ccccc3)CCN(C(=O)[C@@H](N)Cc3ccncc3)CC2)cs1. The molecule has 4 rings (SSSR count). The van der Waals surface area contributed by atoms with Gasteiger partial charge in [-0.25, -0.2) is 4.98 Å². The molecule has 166 valence electrons. The molecule has 1 saturated heterocycles. The topological polar surface area (TPSA) is 98.1 Å². The normalized spacial score (nSPS) is 16.0. The Kier molecular flexibility index (Phi) is 8.82. The number of carbonyl (C=O) groups excluding carboxylic acids is 1. The largest absolute Gasteiger partial charge is 0.375 e. The summed E-state index contributed by atoms with van der Waals surface area (Å²) in [7, 11) is 0. The summed E-state index contributed by atoms with van der Waals surface area (Å²) in [5, 5.41) is 2.63. The average molecular weight is 480 g/mol. The molecule has 1 aliphatic heterocycles. The Morgan fingerprint density at radius 2 is 1.74 bits per heavy atom. The van der Waals surface area contributed by atoms with E-state index in [0.29, 0.717) is 24.6 Å². The molecule has 0 bridgehead atoms. The van der Waals surface area contributed by atoms with Crippen LogP contribution < -0.4 is 11.5 Å². The Bertz CT molecular complexity index is 962. The Morgan fingerprint density at radius 3 is 2.32 bits per heavy atom. The Hall–Kier alpha value is -2.19. The van der Waals surface area contributed by atoms with E-state index in [9.17, 15) is 4.79 Å². The van der Waals surface area contributed by atoms with E-state index in [4.69, 9.17) is 11.5 Å². The van der Waals surface area contributed by atoms with Gasteiger partial charge < -0.3 is 16.4 Å². The second kappa shape index (κ2) is 10.9. The highest BCUT2D eigenvalue weighted by atomic mass is 35.5. The molecule has 0 unspecified atom stereocenters. The van der Waals surface area contributed by atoms with E-state index in [-0.39, 0.29) is 36.1 Å². The smallest absolute Gasteiger partial charge is 0.239 e. The number of anilines is 1. The van der Waals surface area contributed by atoms with Gasteiger partial charge in [-0.05, 0) is 42.5 Å². The summed E-state index contributed by atoms with van der Waals surface area (Å²) >= 11 is 1.47. The predicted molar refractivity (Wildman–Crippen MR) is 130 cm³/mol. The molecule has 0 aliphatic carbocycles. The summed E-state index contributed by atoms with van der Waals surface area (Å²) in [4.78, 5) is 23.5. The van der Waals surface area contributed by atoms with Crippen molar-refractivity contribution in [2.45, 2.75) is 30.7 Å². The van der Waals surface area contributed by atoms with E-state index in [1.165, 1.54) is 16.9 Å². The number of hydrogen-bond donors (Lipinski definition) is 2. The number of nitrogens with two attached hydrogens (primary N) is 2. The molecule has 3 aromatic rings. The number of rotatable bonds is 5.